The van der Waals surface area contributed by atoms with E-state index in [1.54, 1.807) is 6.07 Å². The van der Waals surface area contributed by atoms with Gasteiger partial charge in [-0.15, -0.1) is 0 Å². The van der Waals surface area contributed by atoms with Crippen LogP contribution in [0.1, 0.15) is 11.1 Å². The molecule has 0 unspecified atom stereocenters. The zero-order valence-corrected chi connectivity index (χ0v) is 10.8. The lowest BCUT2D eigenvalue weighted by Crippen LogP contribution is -2.13. The first-order chi connectivity index (χ1) is 7.47. The monoisotopic (exact) mass is 262 g/mol. The molecule has 0 N–H and O–H groups in total. The van der Waals surface area contributed by atoms with Crippen molar-refractivity contribution in [3.63, 3.8) is 0 Å². The number of halogens is 2. The van der Waals surface area contributed by atoms with Gasteiger partial charge in [0.15, 0.2) is 6.61 Å². The summed E-state index contributed by atoms with van der Waals surface area (Å²) in [5, 5.41) is 0.963. The SMILES string of the molecule is COC(=O)COc1c(Cl)cc(Cl)c(C)c1C. The third-order valence-corrected chi connectivity index (χ3v) is 2.97. The average Bonchev–Trinajstić information content (AvgIpc) is 2.25. The van der Waals surface area contributed by atoms with Crippen molar-refractivity contribution < 1.29 is 14.3 Å². The van der Waals surface area contributed by atoms with E-state index in [9.17, 15) is 4.79 Å². The molecule has 0 aliphatic heterocycles. The molecule has 0 heterocycles. The molecule has 0 fully saturated rings. The summed E-state index contributed by atoms with van der Waals surface area (Å²) in [5.41, 5.74) is 1.70. The summed E-state index contributed by atoms with van der Waals surface area (Å²) in [5.74, 6) is 0.0111. The Labute approximate surface area is 104 Å². The highest BCUT2D eigenvalue weighted by Gasteiger charge is 2.13. The first-order valence-corrected chi connectivity index (χ1v) is 5.37. The molecule has 1 aromatic carbocycles. The number of esters is 1. The third kappa shape index (κ3) is 2.80. The quantitative estimate of drug-likeness (QED) is 0.786. The Morgan fingerprint density at radius 3 is 2.44 bits per heavy atom. The number of hydrogen-bond donors (Lipinski definition) is 0. The molecule has 88 valence electrons. The van der Waals surface area contributed by atoms with Crippen LogP contribution in [0.4, 0.5) is 0 Å². The van der Waals surface area contributed by atoms with Crippen LogP contribution in [-0.4, -0.2) is 19.7 Å². The van der Waals surface area contributed by atoms with Crippen molar-refractivity contribution in [2.75, 3.05) is 13.7 Å². The topological polar surface area (TPSA) is 35.5 Å². The van der Waals surface area contributed by atoms with Crippen LogP contribution in [0.5, 0.6) is 5.75 Å². The maximum absolute atomic E-state index is 10.9. The average molecular weight is 263 g/mol. The van der Waals surface area contributed by atoms with Crippen molar-refractivity contribution in [3.8, 4) is 5.75 Å². The number of carbonyl (C=O) groups is 1. The van der Waals surface area contributed by atoms with Crippen molar-refractivity contribution in [2.45, 2.75) is 13.8 Å². The van der Waals surface area contributed by atoms with E-state index in [1.165, 1.54) is 7.11 Å². The first kappa shape index (κ1) is 13.1. The predicted molar refractivity (Wildman–Crippen MR) is 63.4 cm³/mol. The van der Waals surface area contributed by atoms with Crippen molar-refractivity contribution in [1.29, 1.82) is 0 Å². The Morgan fingerprint density at radius 2 is 1.88 bits per heavy atom. The maximum atomic E-state index is 10.9. The number of benzene rings is 1. The molecule has 0 atom stereocenters. The fraction of sp³-hybridized carbons (Fsp3) is 0.364. The fourth-order valence-corrected chi connectivity index (χ4v) is 1.79. The summed E-state index contributed by atoms with van der Waals surface area (Å²) in [7, 11) is 1.30. The molecular weight excluding hydrogens is 251 g/mol. The van der Waals surface area contributed by atoms with E-state index < -0.39 is 5.97 Å². The summed E-state index contributed by atoms with van der Waals surface area (Å²) in [6, 6.07) is 1.60. The van der Waals surface area contributed by atoms with Crippen LogP contribution in [-0.2, 0) is 9.53 Å². The molecule has 0 aliphatic rings. The molecule has 0 aromatic heterocycles. The molecule has 0 spiro atoms. The minimum Gasteiger partial charge on any atom is -0.480 e. The summed E-state index contributed by atoms with van der Waals surface area (Å²) in [6.07, 6.45) is 0. The van der Waals surface area contributed by atoms with Gasteiger partial charge >= 0.3 is 5.97 Å². The number of carbonyl (C=O) groups excluding carboxylic acids is 1. The molecule has 16 heavy (non-hydrogen) atoms. The molecule has 0 aliphatic carbocycles. The second kappa shape index (κ2) is 5.41. The van der Waals surface area contributed by atoms with E-state index in [1.807, 2.05) is 13.8 Å². The highest BCUT2D eigenvalue weighted by Crippen LogP contribution is 2.35. The highest BCUT2D eigenvalue weighted by molar-refractivity contribution is 6.36. The van der Waals surface area contributed by atoms with Crippen LogP contribution in [0.2, 0.25) is 10.0 Å². The van der Waals surface area contributed by atoms with Crippen molar-refractivity contribution in [1.82, 2.24) is 0 Å². The van der Waals surface area contributed by atoms with E-state index in [0.717, 1.165) is 11.1 Å². The van der Waals surface area contributed by atoms with Gasteiger partial charge in [-0.05, 0) is 31.0 Å². The zero-order chi connectivity index (χ0) is 12.3. The van der Waals surface area contributed by atoms with Gasteiger partial charge in [-0.25, -0.2) is 4.79 Å². The molecule has 0 saturated carbocycles. The van der Waals surface area contributed by atoms with Gasteiger partial charge in [0, 0.05) is 5.02 Å². The van der Waals surface area contributed by atoms with Crippen LogP contribution in [0.25, 0.3) is 0 Å². The second-order valence-corrected chi connectivity index (χ2v) is 4.10. The van der Waals surface area contributed by atoms with Crippen molar-refractivity contribution >= 4 is 29.2 Å². The van der Waals surface area contributed by atoms with E-state index >= 15 is 0 Å². The van der Waals surface area contributed by atoms with E-state index in [0.29, 0.717) is 15.8 Å². The largest absolute Gasteiger partial charge is 0.480 e. The van der Waals surface area contributed by atoms with E-state index in [4.69, 9.17) is 27.9 Å². The Balaban J connectivity index is 2.96. The number of rotatable bonds is 3. The minimum atomic E-state index is -0.455. The van der Waals surface area contributed by atoms with Crippen molar-refractivity contribution in [3.05, 3.63) is 27.2 Å². The summed E-state index contributed by atoms with van der Waals surface area (Å²) < 4.78 is 9.76. The first-order valence-electron chi connectivity index (χ1n) is 4.62. The van der Waals surface area contributed by atoms with Crippen LogP contribution >= 0.6 is 23.2 Å². The Hall–Kier alpha value is -0.930. The fourth-order valence-electron chi connectivity index (χ4n) is 1.18. The van der Waals surface area contributed by atoms with Gasteiger partial charge in [-0.1, -0.05) is 23.2 Å². The second-order valence-electron chi connectivity index (χ2n) is 3.28. The minimum absolute atomic E-state index is 0.169. The summed E-state index contributed by atoms with van der Waals surface area (Å²) in [6.45, 7) is 3.52. The highest BCUT2D eigenvalue weighted by atomic mass is 35.5. The van der Waals surface area contributed by atoms with Crippen LogP contribution in [0, 0.1) is 13.8 Å². The van der Waals surface area contributed by atoms with E-state index in [2.05, 4.69) is 4.74 Å². The Bertz CT molecular complexity index is 416. The zero-order valence-electron chi connectivity index (χ0n) is 9.27. The van der Waals surface area contributed by atoms with Gasteiger partial charge in [0.05, 0.1) is 12.1 Å². The Morgan fingerprint density at radius 1 is 1.25 bits per heavy atom. The molecule has 0 saturated heterocycles. The third-order valence-electron chi connectivity index (χ3n) is 2.29. The molecule has 1 aromatic rings. The molecule has 0 bridgehead atoms. The number of methoxy groups -OCH3 is 1. The van der Waals surface area contributed by atoms with Gasteiger partial charge in [-0.2, -0.15) is 0 Å². The van der Waals surface area contributed by atoms with Gasteiger partial charge in [0.2, 0.25) is 0 Å². The van der Waals surface area contributed by atoms with Gasteiger partial charge in [0.1, 0.15) is 5.75 Å². The maximum Gasteiger partial charge on any atom is 0.343 e. The lowest BCUT2D eigenvalue weighted by molar-refractivity contribution is -0.142. The van der Waals surface area contributed by atoms with Crippen LogP contribution < -0.4 is 4.74 Å². The molecule has 5 heteroatoms. The predicted octanol–water partition coefficient (Wildman–Crippen LogP) is 3.16. The smallest absolute Gasteiger partial charge is 0.343 e. The number of hydrogen-bond acceptors (Lipinski definition) is 3. The lowest BCUT2D eigenvalue weighted by atomic mass is 10.1. The van der Waals surface area contributed by atoms with Crippen LogP contribution in [0.3, 0.4) is 0 Å². The van der Waals surface area contributed by atoms with Crippen molar-refractivity contribution in [2.24, 2.45) is 0 Å². The standard InChI is InChI=1S/C11H12Cl2O3/c1-6-7(2)11(9(13)4-8(6)12)16-5-10(14)15-3/h4H,5H2,1-3H3. The molecule has 0 amide bonds. The summed E-state index contributed by atoms with van der Waals surface area (Å²) >= 11 is 11.9. The number of ether oxygens (including phenoxy) is 2. The molecule has 0 radical (unpaired) electrons. The Kier molecular flexibility index (Phi) is 4.44. The van der Waals surface area contributed by atoms with E-state index in [-0.39, 0.29) is 6.61 Å². The van der Waals surface area contributed by atoms with Gasteiger partial charge in [-0.3, -0.25) is 0 Å². The molecule has 3 nitrogen and oxygen atoms in total. The van der Waals surface area contributed by atoms with Gasteiger partial charge < -0.3 is 9.47 Å². The normalized spacial score (nSPS) is 10.1. The molecular formula is C11H12Cl2O3. The lowest BCUT2D eigenvalue weighted by Gasteiger charge is -2.13. The molecule has 1 rings (SSSR count). The summed E-state index contributed by atoms with van der Waals surface area (Å²) in [4.78, 5) is 10.9. The van der Waals surface area contributed by atoms with Crippen LogP contribution in [0.15, 0.2) is 6.07 Å². The van der Waals surface area contributed by atoms with Gasteiger partial charge in [0.25, 0.3) is 0 Å².